The molecule has 0 N–H and O–H groups in total. The molecule has 1 atom stereocenters. The van der Waals surface area contributed by atoms with Crippen LogP contribution < -0.4 is 4.74 Å². The zero-order valence-corrected chi connectivity index (χ0v) is 17.3. The normalized spacial score (nSPS) is 13.2. The summed E-state index contributed by atoms with van der Waals surface area (Å²) in [5.41, 5.74) is 0. The monoisotopic (exact) mass is 382 g/mol. The van der Waals surface area contributed by atoms with E-state index in [0.29, 0.717) is 18.8 Å². The molecule has 1 aromatic rings. The molecular weight excluding hydrogens is 348 g/mol. The summed E-state index contributed by atoms with van der Waals surface area (Å²) in [4.78, 5) is 12.1. The Bertz CT molecular complexity index is 626. The minimum atomic E-state index is -0.521. The van der Waals surface area contributed by atoms with Crippen LogP contribution in [0.1, 0.15) is 52.4 Å². The third-order valence-electron chi connectivity index (χ3n) is 3.92. The van der Waals surface area contributed by atoms with Crippen LogP contribution in [-0.4, -0.2) is 18.7 Å². The number of carbonyl (C=O) groups is 1. The average molecular weight is 383 g/mol. The van der Waals surface area contributed by atoms with E-state index in [4.69, 9.17) is 9.47 Å². The number of ether oxygens (including phenoxy) is 2. The maximum absolute atomic E-state index is 12.1. The van der Waals surface area contributed by atoms with Gasteiger partial charge in [-0.1, -0.05) is 80.7 Å². The highest BCUT2D eigenvalue weighted by Gasteiger charge is 2.18. The standard InChI is InChI=1S/C25H34O3/c1-3-5-6-7-8-9-10-11-12-13-14-15-19-22-27-24(4-2)25(26)28-23-20-17-16-18-21-23/h5-6,8-9,11-12,14-18,20-21,24H,3-4,7,10,13,19,22H2,1-2H3/b6-5-,9-8-,12-11-,15-14-. The van der Waals surface area contributed by atoms with E-state index < -0.39 is 6.10 Å². The minimum Gasteiger partial charge on any atom is -0.425 e. The van der Waals surface area contributed by atoms with E-state index in [1.807, 2.05) is 25.1 Å². The summed E-state index contributed by atoms with van der Waals surface area (Å²) < 4.78 is 11.0. The lowest BCUT2D eigenvalue weighted by Gasteiger charge is -2.14. The highest BCUT2D eigenvalue weighted by Crippen LogP contribution is 2.11. The first-order valence-corrected chi connectivity index (χ1v) is 10.3. The molecule has 0 aliphatic heterocycles. The topological polar surface area (TPSA) is 35.5 Å². The van der Waals surface area contributed by atoms with Crippen LogP contribution in [0.2, 0.25) is 0 Å². The number of hydrogen-bond donors (Lipinski definition) is 0. The molecule has 1 aromatic carbocycles. The van der Waals surface area contributed by atoms with Crippen LogP contribution in [0.3, 0.4) is 0 Å². The first kappa shape index (κ1) is 23.6. The Balaban J connectivity index is 2.13. The smallest absolute Gasteiger partial charge is 0.340 e. The second-order valence-corrected chi connectivity index (χ2v) is 6.29. The van der Waals surface area contributed by atoms with E-state index in [1.165, 1.54) is 0 Å². The summed E-state index contributed by atoms with van der Waals surface area (Å²) in [6.45, 7) is 4.58. The van der Waals surface area contributed by atoms with Crippen molar-refractivity contribution in [1.29, 1.82) is 0 Å². The Morgan fingerprint density at radius 3 is 2.00 bits per heavy atom. The van der Waals surface area contributed by atoms with Gasteiger partial charge in [0.1, 0.15) is 5.75 Å². The predicted octanol–water partition coefficient (Wildman–Crippen LogP) is 6.58. The third-order valence-corrected chi connectivity index (χ3v) is 3.92. The number of benzene rings is 1. The largest absolute Gasteiger partial charge is 0.425 e. The van der Waals surface area contributed by atoms with Gasteiger partial charge in [0.25, 0.3) is 0 Å². The van der Waals surface area contributed by atoms with Crippen LogP contribution in [0.4, 0.5) is 0 Å². The van der Waals surface area contributed by atoms with E-state index >= 15 is 0 Å². The SMILES string of the molecule is CC/C=C\C/C=C\C/C=C\C/C=C\CCOC(CC)C(=O)Oc1ccccc1. The van der Waals surface area contributed by atoms with Crippen LogP contribution in [0, 0.1) is 0 Å². The lowest BCUT2D eigenvalue weighted by molar-refractivity contribution is -0.147. The molecule has 0 aliphatic rings. The van der Waals surface area contributed by atoms with Gasteiger partial charge in [0.15, 0.2) is 6.10 Å². The van der Waals surface area contributed by atoms with Gasteiger partial charge in [0.2, 0.25) is 0 Å². The highest BCUT2D eigenvalue weighted by molar-refractivity contribution is 5.77. The van der Waals surface area contributed by atoms with Crippen molar-refractivity contribution in [3.8, 4) is 5.75 Å². The van der Waals surface area contributed by atoms with Gasteiger partial charge in [0.05, 0.1) is 6.61 Å². The van der Waals surface area contributed by atoms with Crippen molar-refractivity contribution < 1.29 is 14.3 Å². The quantitative estimate of drug-likeness (QED) is 0.158. The zero-order valence-electron chi connectivity index (χ0n) is 17.3. The number of para-hydroxylation sites is 1. The first-order valence-electron chi connectivity index (χ1n) is 10.3. The zero-order chi connectivity index (χ0) is 20.3. The molecule has 0 bridgehead atoms. The van der Waals surface area contributed by atoms with Crippen molar-refractivity contribution in [3.05, 3.63) is 78.9 Å². The van der Waals surface area contributed by atoms with Crippen molar-refractivity contribution in [3.63, 3.8) is 0 Å². The summed E-state index contributed by atoms with van der Waals surface area (Å²) in [5.74, 6) is 0.215. The van der Waals surface area contributed by atoms with Gasteiger partial charge in [-0.3, -0.25) is 0 Å². The van der Waals surface area contributed by atoms with Crippen molar-refractivity contribution >= 4 is 5.97 Å². The van der Waals surface area contributed by atoms with Gasteiger partial charge >= 0.3 is 5.97 Å². The molecule has 0 aromatic heterocycles. The van der Waals surface area contributed by atoms with E-state index in [0.717, 1.165) is 32.1 Å². The number of carbonyl (C=O) groups excluding carboxylic acids is 1. The fraction of sp³-hybridized carbons (Fsp3) is 0.400. The minimum absolute atomic E-state index is 0.334. The van der Waals surface area contributed by atoms with Crippen LogP contribution in [-0.2, 0) is 9.53 Å². The average Bonchev–Trinajstić information content (AvgIpc) is 2.71. The fourth-order valence-electron chi connectivity index (χ4n) is 2.40. The molecule has 0 aliphatic carbocycles. The van der Waals surface area contributed by atoms with Gasteiger partial charge < -0.3 is 9.47 Å². The van der Waals surface area contributed by atoms with Crippen molar-refractivity contribution in [2.45, 2.75) is 58.5 Å². The third kappa shape index (κ3) is 12.1. The van der Waals surface area contributed by atoms with Crippen LogP contribution >= 0.6 is 0 Å². The van der Waals surface area contributed by atoms with Gasteiger partial charge in [-0.15, -0.1) is 0 Å². The molecule has 3 heteroatoms. The summed E-state index contributed by atoms with van der Waals surface area (Å²) >= 11 is 0. The van der Waals surface area contributed by atoms with Crippen molar-refractivity contribution in [2.75, 3.05) is 6.61 Å². The lowest BCUT2D eigenvalue weighted by atomic mass is 10.2. The second kappa shape index (κ2) is 16.8. The summed E-state index contributed by atoms with van der Waals surface area (Å²) in [6, 6.07) is 9.09. The van der Waals surface area contributed by atoms with Crippen molar-refractivity contribution in [2.24, 2.45) is 0 Å². The molecule has 152 valence electrons. The molecule has 1 rings (SSSR count). The molecule has 0 heterocycles. The molecule has 0 radical (unpaired) electrons. The van der Waals surface area contributed by atoms with Gasteiger partial charge in [-0.2, -0.15) is 0 Å². The number of esters is 1. The van der Waals surface area contributed by atoms with Gasteiger partial charge in [-0.05, 0) is 50.7 Å². The molecule has 28 heavy (non-hydrogen) atoms. The summed E-state index contributed by atoms with van der Waals surface area (Å²) in [6.07, 6.45) is 22.2. The molecule has 0 spiro atoms. The molecule has 0 fully saturated rings. The Kier molecular flexibility index (Phi) is 14.2. The number of allylic oxidation sites excluding steroid dienone is 7. The highest BCUT2D eigenvalue weighted by atomic mass is 16.6. The molecule has 0 amide bonds. The Morgan fingerprint density at radius 2 is 1.43 bits per heavy atom. The Hall–Kier alpha value is -2.39. The molecule has 0 saturated heterocycles. The maximum atomic E-state index is 12.1. The van der Waals surface area contributed by atoms with Crippen molar-refractivity contribution in [1.82, 2.24) is 0 Å². The van der Waals surface area contributed by atoms with Gasteiger partial charge in [-0.25, -0.2) is 4.79 Å². The van der Waals surface area contributed by atoms with Crippen LogP contribution in [0.25, 0.3) is 0 Å². The fourth-order valence-corrected chi connectivity index (χ4v) is 2.40. The maximum Gasteiger partial charge on any atom is 0.340 e. The summed E-state index contributed by atoms with van der Waals surface area (Å²) in [7, 11) is 0. The lowest BCUT2D eigenvalue weighted by Crippen LogP contribution is -2.28. The van der Waals surface area contributed by atoms with E-state index in [9.17, 15) is 4.79 Å². The van der Waals surface area contributed by atoms with E-state index in [-0.39, 0.29) is 5.97 Å². The number of rotatable bonds is 14. The second-order valence-electron chi connectivity index (χ2n) is 6.29. The number of hydrogen-bond acceptors (Lipinski definition) is 3. The Labute approximate surface area is 170 Å². The van der Waals surface area contributed by atoms with E-state index in [1.54, 1.807) is 12.1 Å². The summed E-state index contributed by atoms with van der Waals surface area (Å²) in [5, 5.41) is 0. The van der Waals surface area contributed by atoms with E-state index in [2.05, 4.69) is 55.5 Å². The van der Waals surface area contributed by atoms with Crippen LogP contribution in [0.5, 0.6) is 5.75 Å². The molecular formula is C25H34O3. The van der Waals surface area contributed by atoms with Crippen LogP contribution in [0.15, 0.2) is 78.9 Å². The van der Waals surface area contributed by atoms with Gasteiger partial charge in [0, 0.05) is 0 Å². The molecule has 1 unspecified atom stereocenters. The molecule has 0 saturated carbocycles. The predicted molar refractivity (Wildman–Crippen MR) is 117 cm³/mol. The first-order chi connectivity index (χ1) is 13.8. The molecule has 3 nitrogen and oxygen atoms in total. The Morgan fingerprint density at radius 1 is 0.857 bits per heavy atom.